The third-order valence-corrected chi connectivity index (χ3v) is 10.0. The molecule has 2 aliphatic carbocycles. The summed E-state index contributed by atoms with van der Waals surface area (Å²) in [6, 6.07) is 22.6. The number of nitrogens with one attached hydrogen (secondary N) is 4. The third kappa shape index (κ3) is 4.45. The van der Waals surface area contributed by atoms with E-state index < -0.39 is 0 Å². The Bertz CT molecular complexity index is 1890. The predicted octanol–water partition coefficient (Wildman–Crippen LogP) is 6.63. The molecule has 2 heterocycles. The number of H-pyrrole nitrogens is 2. The van der Waals surface area contributed by atoms with E-state index >= 15 is 0 Å². The molecule has 0 radical (unpaired) electrons. The van der Waals surface area contributed by atoms with E-state index in [2.05, 4.69) is 121 Å². The number of nitrogens with zero attached hydrogens (tertiary/aromatic N) is 2. The Morgan fingerprint density at radius 2 is 1.02 bits per heavy atom. The molecular formula is C36H36N6. The third-order valence-electron chi connectivity index (χ3n) is 10.0. The number of hydrogen-bond donors (Lipinski definition) is 4. The van der Waals surface area contributed by atoms with Crippen LogP contribution in [-0.2, 0) is 13.1 Å². The molecule has 0 aliphatic heterocycles. The standard InChI is InChI=1S/C36H36N6/c1-19-20(2)33(19)37-17-31-39-29-13-9-25-15-23(7-11-27(25)35(29)41-31)5-6-24-8-12-28-26(16-24)10-14-30-36(28)42-32(40-30)18-38-34-21(3)22(34)4/h7-16,19-22,33-34,37-38H,17-18H2,1-4H3,(H,39,41)(H,40,42)/t19-,20?,21-,22?,33?,34?/m1/s1. The topological polar surface area (TPSA) is 81.4 Å². The van der Waals surface area contributed by atoms with Gasteiger partial charge in [-0.05, 0) is 70.8 Å². The Balaban J connectivity index is 1.02. The molecule has 6 heteroatoms. The summed E-state index contributed by atoms with van der Waals surface area (Å²) in [5.41, 5.74) is 6.19. The normalized spacial score (nSPS) is 24.9. The Kier molecular flexibility index (Phi) is 5.89. The van der Waals surface area contributed by atoms with Gasteiger partial charge in [0, 0.05) is 34.0 Å². The van der Waals surface area contributed by atoms with Crippen LogP contribution in [0.4, 0.5) is 0 Å². The van der Waals surface area contributed by atoms with Crippen molar-refractivity contribution in [1.82, 2.24) is 30.6 Å². The smallest absolute Gasteiger partial charge is 0.121 e. The molecule has 42 heavy (non-hydrogen) atoms. The van der Waals surface area contributed by atoms with Gasteiger partial charge in [-0.15, -0.1) is 0 Å². The second-order valence-electron chi connectivity index (χ2n) is 12.7. The van der Waals surface area contributed by atoms with Crippen molar-refractivity contribution in [1.29, 1.82) is 0 Å². The number of aromatic amines is 2. The molecule has 2 saturated carbocycles. The van der Waals surface area contributed by atoms with Crippen LogP contribution in [0.15, 0.2) is 60.7 Å². The average Bonchev–Trinajstić information content (AvgIpc) is 3.54. The van der Waals surface area contributed by atoms with Crippen LogP contribution in [0.1, 0.15) is 50.5 Å². The van der Waals surface area contributed by atoms with Gasteiger partial charge < -0.3 is 20.6 Å². The minimum atomic E-state index is 0.602. The Hall–Kier alpha value is -4.18. The van der Waals surface area contributed by atoms with Gasteiger partial charge >= 0.3 is 0 Å². The molecule has 0 bridgehead atoms. The van der Waals surface area contributed by atoms with Crippen molar-refractivity contribution in [2.45, 2.75) is 52.9 Å². The molecule has 2 aromatic heterocycles. The molecule has 0 spiro atoms. The van der Waals surface area contributed by atoms with Gasteiger partial charge in [0.1, 0.15) is 11.6 Å². The quantitative estimate of drug-likeness (QED) is 0.175. The van der Waals surface area contributed by atoms with Gasteiger partial charge in [0.25, 0.3) is 0 Å². The maximum Gasteiger partial charge on any atom is 0.121 e. The van der Waals surface area contributed by atoms with Crippen LogP contribution in [0.2, 0.25) is 0 Å². The van der Waals surface area contributed by atoms with E-state index in [0.717, 1.165) is 103 Å². The molecule has 4 unspecified atom stereocenters. The van der Waals surface area contributed by atoms with Gasteiger partial charge in [0.2, 0.25) is 0 Å². The Labute approximate surface area is 245 Å². The van der Waals surface area contributed by atoms with Crippen molar-refractivity contribution in [2.24, 2.45) is 23.7 Å². The maximum absolute atomic E-state index is 4.93. The summed E-state index contributed by atoms with van der Waals surface area (Å²) in [7, 11) is 0. The molecule has 0 amide bonds. The van der Waals surface area contributed by atoms with E-state index in [1.165, 1.54) is 0 Å². The van der Waals surface area contributed by atoms with E-state index in [9.17, 15) is 0 Å². The van der Waals surface area contributed by atoms with Gasteiger partial charge in [-0.3, -0.25) is 0 Å². The lowest BCUT2D eigenvalue weighted by Gasteiger charge is -2.01. The number of fused-ring (bicyclic) bond motifs is 6. The fourth-order valence-electron chi connectivity index (χ4n) is 6.67. The molecule has 6 atom stereocenters. The number of aromatic nitrogens is 4. The molecular weight excluding hydrogens is 516 g/mol. The second-order valence-corrected chi connectivity index (χ2v) is 12.7. The highest BCUT2D eigenvalue weighted by molar-refractivity contribution is 6.05. The molecule has 8 rings (SSSR count). The van der Waals surface area contributed by atoms with Crippen molar-refractivity contribution < 1.29 is 0 Å². The van der Waals surface area contributed by atoms with Gasteiger partial charge in [0.05, 0.1) is 35.2 Å². The zero-order valence-electron chi connectivity index (χ0n) is 24.5. The van der Waals surface area contributed by atoms with Gasteiger partial charge in [-0.2, -0.15) is 0 Å². The molecule has 4 N–H and O–H groups in total. The maximum atomic E-state index is 4.93. The molecule has 210 valence electrons. The number of benzene rings is 4. The first-order valence-corrected chi connectivity index (χ1v) is 15.2. The van der Waals surface area contributed by atoms with E-state index in [-0.39, 0.29) is 0 Å². The summed E-state index contributed by atoms with van der Waals surface area (Å²) in [4.78, 5) is 16.8. The summed E-state index contributed by atoms with van der Waals surface area (Å²) < 4.78 is 0. The van der Waals surface area contributed by atoms with Gasteiger partial charge in [0.15, 0.2) is 0 Å². The van der Waals surface area contributed by atoms with E-state index in [0.29, 0.717) is 12.1 Å². The predicted molar refractivity (Wildman–Crippen MR) is 171 cm³/mol. The number of rotatable bonds is 6. The van der Waals surface area contributed by atoms with Crippen LogP contribution in [0.5, 0.6) is 0 Å². The average molecular weight is 553 g/mol. The van der Waals surface area contributed by atoms with Gasteiger partial charge in [-0.25, -0.2) is 9.97 Å². The van der Waals surface area contributed by atoms with Crippen molar-refractivity contribution >= 4 is 43.6 Å². The van der Waals surface area contributed by atoms with Gasteiger partial charge in [-0.1, -0.05) is 63.8 Å². The van der Waals surface area contributed by atoms with E-state index in [4.69, 9.17) is 9.97 Å². The lowest BCUT2D eigenvalue weighted by atomic mass is 10.0. The first-order valence-electron chi connectivity index (χ1n) is 15.2. The van der Waals surface area contributed by atoms with Crippen LogP contribution < -0.4 is 10.6 Å². The van der Waals surface area contributed by atoms with Crippen molar-refractivity contribution in [3.05, 3.63) is 83.4 Å². The molecule has 0 saturated heterocycles. The molecule has 6 nitrogen and oxygen atoms in total. The first-order chi connectivity index (χ1) is 20.4. The summed E-state index contributed by atoms with van der Waals surface area (Å²) >= 11 is 0. The summed E-state index contributed by atoms with van der Waals surface area (Å²) in [5, 5.41) is 11.9. The SMILES string of the molecule is CC1C(NCc2nc3c(ccc4cc(C#Cc5ccc6c(ccc7[nH]c(CNC8C(C)[C@H]8C)nc76)c5)ccc43)[nH]2)[C@@H]1C. The highest BCUT2D eigenvalue weighted by atomic mass is 15.0. The fourth-order valence-corrected chi connectivity index (χ4v) is 6.67. The van der Waals surface area contributed by atoms with Crippen molar-refractivity contribution in [3.8, 4) is 11.8 Å². The number of imidazole rings is 2. The van der Waals surface area contributed by atoms with E-state index in [1.54, 1.807) is 0 Å². The van der Waals surface area contributed by atoms with Crippen LogP contribution in [0.25, 0.3) is 43.6 Å². The first kappa shape index (κ1) is 25.5. The summed E-state index contributed by atoms with van der Waals surface area (Å²) in [6.45, 7) is 10.8. The molecule has 4 aromatic carbocycles. The second kappa shape index (κ2) is 9.69. The van der Waals surface area contributed by atoms with Crippen LogP contribution >= 0.6 is 0 Å². The fraction of sp³-hybridized carbons (Fsp3) is 0.333. The highest BCUT2D eigenvalue weighted by Gasteiger charge is 2.42. The lowest BCUT2D eigenvalue weighted by Crippen LogP contribution is -2.19. The van der Waals surface area contributed by atoms with Crippen LogP contribution in [-0.4, -0.2) is 32.0 Å². The zero-order valence-corrected chi connectivity index (χ0v) is 24.5. The molecule has 6 aromatic rings. The minimum absolute atomic E-state index is 0.602. The lowest BCUT2D eigenvalue weighted by molar-refractivity contribution is 0.623. The largest absolute Gasteiger partial charge is 0.341 e. The summed E-state index contributed by atoms with van der Waals surface area (Å²) in [5.74, 6) is 11.7. The van der Waals surface area contributed by atoms with E-state index in [1.807, 2.05) is 0 Å². The molecule has 2 fully saturated rings. The zero-order chi connectivity index (χ0) is 28.5. The van der Waals surface area contributed by atoms with Crippen molar-refractivity contribution in [3.63, 3.8) is 0 Å². The molecule has 2 aliphatic rings. The summed E-state index contributed by atoms with van der Waals surface area (Å²) in [6.07, 6.45) is 0. The van der Waals surface area contributed by atoms with Crippen molar-refractivity contribution in [2.75, 3.05) is 0 Å². The highest BCUT2D eigenvalue weighted by Crippen LogP contribution is 2.38. The number of hydrogen-bond acceptors (Lipinski definition) is 4. The monoisotopic (exact) mass is 552 g/mol. The Morgan fingerprint density at radius 3 is 1.43 bits per heavy atom. The Morgan fingerprint density at radius 1 is 0.595 bits per heavy atom. The minimum Gasteiger partial charge on any atom is -0.341 e. The van der Waals surface area contributed by atoms with Crippen LogP contribution in [0, 0.1) is 35.5 Å². The van der Waals surface area contributed by atoms with Crippen LogP contribution in [0.3, 0.4) is 0 Å².